The van der Waals surface area contributed by atoms with Crippen LogP contribution >= 0.6 is 0 Å². The van der Waals surface area contributed by atoms with Crippen LogP contribution in [-0.2, 0) is 21.7 Å². The molecule has 7 heteroatoms. The van der Waals surface area contributed by atoms with Gasteiger partial charge in [-0.1, -0.05) is 204 Å². The van der Waals surface area contributed by atoms with Crippen molar-refractivity contribution in [2.45, 2.75) is 105 Å². The molecule has 0 spiro atoms. The predicted octanol–water partition coefficient (Wildman–Crippen LogP) is 22.6. The fourth-order valence-electron chi connectivity index (χ4n) is 13.3. The summed E-state index contributed by atoms with van der Waals surface area (Å²) in [5.41, 5.74) is 21.5. The molecule has 7 nitrogen and oxygen atoms in total. The normalized spacial score (nSPS) is 12.6. The van der Waals surface area contributed by atoms with Crippen LogP contribution in [0.3, 0.4) is 0 Å². The smallest absolute Gasteiger partial charge is 0.164 e. The van der Waals surface area contributed by atoms with Crippen molar-refractivity contribution in [2.24, 2.45) is 0 Å². The van der Waals surface area contributed by atoms with Gasteiger partial charge in [-0.3, -0.25) is 4.98 Å². The van der Waals surface area contributed by atoms with Crippen molar-refractivity contribution in [3.05, 3.63) is 253 Å². The molecule has 5 heterocycles. The van der Waals surface area contributed by atoms with Crippen molar-refractivity contribution in [3.8, 4) is 78.9 Å². The summed E-state index contributed by atoms with van der Waals surface area (Å²) < 4.78 is 11.7. The Bertz CT molecular complexity index is 5130. The average molecular weight is 1180 g/mol. The Balaban J connectivity index is 1.04. The zero-order chi connectivity index (χ0) is 62.9. The lowest BCUT2D eigenvalue weighted by Crippen LogP contribution is -2.17. The van der Waals surface area contributed by atoms with Crippen LogP contribution in [-0.4, -0.2) is 29.1 Å². The third-order valence-corrected chi connectivity index (χ3v) is 18.5. The van der Waals surface area contributed by atoms with Crippen LogP contribution in [0, 0.1) is 0 Å². The molecule has 0 atom stereocenters. The highest BCUT2D eigenvalue weighted by atomic mass is 16.3. The Kier molecular flexibility index (Phi) is 13.3. The number of aromatic nitrogens is 6. The standard InChI is InChI=1S/C84H74N6O/c1-81(2,3)58-41-56(42-59(48-58)82(4,5)6)79-86-78(87-80(88-79)57-43-60(83(7,8)9)49-61(44-57)84(10,11)12)55-33-37-72(89-70-35-31-53(51-23-15-13-16-24-51)45-65(70)66-46-54(32-36-71(66)89)52-25-17-14-18-26-52)67(47-55)68-50-85-40-39-73(68)90-69-29-21-19-28-64(69)76-74(90)38-34-63-62-27-20-22-30-75(62)91-77(63)76/h13-50H,1-12H3. The number of furan rings is 1. The fraction of sp³-hybridized carbons (Fsp3) is 0.190. The van der Waals surface area contributed by atoms with Gasteiger partial charge in [0.1, 0.15) is 11.2 Å². The molecule has 0 N–H and O–H groups in total. The number of benzene rings is 10. The van der Waals surface area contributed by atoms with Gasteiger partial charge in [0.2, 0.25) is 0 Å². The van der Waals surface area contributed by atoms with E-state index in [1.165, 1.54) is 22.3 Å². The number of hydrogen-bond acceptors (Lipinski definition) is 5. The fourth-order valence-corrected chi connectivity index (χ4v) is 13.3. The lowest BCUT2D eigenvalue weighted by Gasteiger charge is -2.26. The SMILES string of the molecule is CC(C)(C)c1cc(-c2nc(-c3cc(C(C)(C)C)cc(C(C)(C)C)c3)nc(-c3ccc(-n4c5ccc(-c6ccccc6)cc5c5cc(-c6ccccc6)ccc54)c(-c4cnccc4-n4c5ccccc5c5c6oc7ccccc7c6ccc54)c3)n2)cc(C(C)(C)C)c1. The van der Waals surface area contributed by atoms with E-state index in [-0.39, 0.29) is 21.7 Å². The Labute approximate surface area is 532 Å². The zero-order valence-corrected chi connectivity index (χ0v) is 54.0. The summed E-state index contributed by atoms with van der Waals surface area (Å²) in [4.78, 5) is 21.9. The zero-order valence-electron chi connectivity index (χ0n) is 54.0. The van der Waals surface area contributed by atoms with Gasteiger partial charge in [-0.15, -0.1) is 0 Å². The van der Waals surface area contributed by atoms with Crippen molar-refractivity contribution in [2.75, 3.05) is 0 Å². The second kappa shape index (κ2) is 21.2. The number of pyridine rings is 1. The lowest BCUT2D eigenvalue weighted by molar-refractivity contribution is 0.568. The molecule has 5 aromatic heterocycles. The molecule has 91 heavy (non-hydrogen) atoms. The molecule has 0 saturated heterocycles. The van der Waals surface area contributed by atoms with Crippen molar-refractivity contribution >= 4 is 65.6 Å². The number of para-hydroxylation sites is 2. The van der Waals surface area contributed by atoms with Crippen molar-refractivity contribution in [3.63, 3.8) is 0 Å². The van der Waals surface area contributed by atoms with E-state index in [0.717, 1.165) is 127 Å². The summed E-state index contributed by atoms with van der Waals surface area (Å²) >= 11 is 0. The highest BCUT2D eigenvalue weighted by Gasteiger charge is 2.28. The van der Waals surface area contributed by atoms with E-state index >= 15 is 0 Å². The van der Waals surface area contributed by atoms with E-state index in [1.54, 1.807) is 0 Å². The molecule has 15 aromatic rings. The van der Waals surface area contributed by atoms with Gasteiger partial charge in [0.15, 0.2) is 17.5 Å². The summed E-state index contributed by atoms with van der Waals surface area (Å²) in [7, 11) is 0. The molecule has 0 bridgehead atoms. The van der Waals surface area contributed by atoms with Gasteiger partial charge >= 0.3 is 0 Å². The van der Waals surface area contributed by atoms with Crippen LogP contribution in [0.5, 0.6) is 0 Å². The Morgan fingerprint density at radius 2 is 0.747 bits per heavy atom. The molecule has 0 aliphatic carbocycles. The van der Waals surface area contributed by atoms with Crippen molar-refractivity contribution in [1.82, 2.24) is 29.1 Å². The number of rotatable bonds is 8. The maximum absolute atomic E-state index is 6.85. The molecule has 10 aromatic carbocycles. The van der Waals surface area contributed by atoms with Gasteiger partial charge < -0.3 is 13.6 Å². The summed E-state index contributed by atoms with van der Waals surface area (Å²) in [6.45, 7) is 27.4. The maximum atomic E-state index is 6.85. The topological polar surface area (TPSA) is 74.6 Å². The summed E-state index contributed by atoms with van der Waals surface area (Å²) in [6.07, 6.45) is 3.95. The molecular weight excluding hydrogens is 1110 g/mol. The van der Waals surface area contributed by atoms with Gasteiger partial charge in [-0.05, 0) is 163 Å². The predicted molar refractivity (Wildman–Crippen MR) is 381 cm³/mol. The molecule has 0 saturated carbocycles. The number of fused-ring (bicyclic) bond motifs is 10. The molecule has 0 unspecified atom stereocenters. The van der Waals surface area contributed by atoms with Crippen LogP contribution in [0.4, 0.5) is 0 Å². The molecule has 0 aliphatic rings. The molecular formula is C84H74N6O. The summed E-state index contributed by atoms with van der Waals surface area (Å²) in [5.74, 6) is 1.81. The largest absolute Gasteiger partial charge is 0.455 e. The Morgan fingerprint density at radius 1 is 0.308 bits per heavy atom. The first-order chi connectivity index (χ1) is 43.6. The molecule has 0 aliphatic heterocycles. The van der Waals surface area contributed by atoms with E-state index in [4.69, 9.17) is 24.4 Å². The lowest BCUT2D eigenvalue weighted by atomic mass is 9.79. The average Bonchev–Trinajstić information content (AvgIpc) is 1.57. The van der Waals surface area contributed by atoms with Crippen LogP contribution < -0.4 is 0 Å². The van der Waals surface area contributed by atoms with Crippen molar-refractivity contribution in [1.29, 1.82) is 0 Å². The monoisotopic (exact) mass is 1180 g/mol. The van der Waals surface area contributed by atoms with Crippen LogP contribution in [0.2, 0.25) is 0 Å². The van der Waals surface area contributed by atoms with Gasteiger partial charge in [0.25, 0.3) is 0 Å². The van der Waals surface area contributed by atoms with Crippen molar-refractivity contribution < 1.29 is 4.42 Å². The van der Waals surface area contributed by atoms with Crippen LogP contribution in [0.1, 0.15) is 105 Å². The highest BCUT2D eigenvalue weighted by molar-refractivity contribution is 6.24. The van der Waals surface area contributed by atoms with Gasteiger partial charge in [0.05, 0.1) is 38.8 Å². The van der Waals surface area contributed by atoms with Gasteiger partial charge in [-0.25, -0.2) is 15.0 Å². The Morgan fingerprint density at radius 3 is 1.29 bits per heavy atom. The molecule has 15 rings (SSSR count). The summed E-state index contributed by atoms with van der Waals surface area (Å²) in [5, 5.41) is 6.65. The number of hydrogen-bond donors (Lipinski definition) is 0. The maximum Gasteiger partial charge on any atom is 0.164 e. The van der Waals surface area contributed by atoms with E-state index in [0.29, 0.717) is 17.5 Å². The van der Waals surface area contributed by atoms with E-state index in [1.807, 2.05) is 18.5 Å². The third-order valence-electron chi connectivity index (χ3n) is 18.5. The van der Waals surface area contributed by atoms with Crippen LogP contribution in [0.15, 0.2) is 235 Å². The van der Waals surface area contributed by atoms with Crippen LogP contribution in [0.25, 0.3) is 144 Å². The van der Waals surface area contributed by atoms with E-state index in [9.17, 15) is 0 Å². The van der Waals surface area contributed by atoms with E-state index < -0.39 is 0 Å². The first-order valence-electron chi connectivity index (χ1n) is 31.8. The molecule has 0 amide bonds. The van der Waals surface area contributed by atoms with Gasteiger partial charge in [-0.2, -0.15) is 0 Å². The minimum Gasteiger partial charge on any atom is -0.455 e. The first kappa shape index (κ1) is 57.2. The molecule has 0 fully saturated rings. The van der Waals surface area contributed by atoms with Gasteiger partial charge in [0, 0.05) is 67.1 Å². The minimum atomic E-state index is -0.142. The molecule has 446 valence electrons. The molecule has 0 radical (unpaired) electrons. The highest BCUT2D eigenvalue weighted by Crippen LogP contribution is 2.46. The summed E-state index contributed by atoms with van der Waals surface area (Å²) in [6, 6.07) is 79.6. The quantitative estimate of drug-likeness (QED) is 0.152. The Hall–Kier alpha value is -10.2. The first-order valence-corrected chi connectivity index (χ1v) is 31.8. The number of nitrogens with zero attached hydrogens (tertiary/aromatic N) is 6. The van der Waals surface area contributed by atoms with E-state index in [2.05, 4.69) is 305 Å². The second-order valence-corrected chi connectivity index (χ2v) is 28.8. The second-order valence-electron chi connectivity index (χ2n) is 28.8. The third kappa shape index (κ3) is 10.1. The minimum absolute atomic E-state index is 0.142.